The highest BCUT2D eigenvalue weighted by Crippen LogP contribution is 2.81. The Morgan fingerprint density at radius 1 is 1.42 bits per heavy atom. The van der Waals surface area contributed by atoms with Gasteiger partial charge in [-0.3, -0.25) is 4.79 Å². The second-order valence-electron chi connectivity index (χ2n) is 6.00. The van der Waals surface area contributed by atoms with Gasteiger partial charge in [0.2, 0.25) is 0 Å². The van der Waals surface area contributed by atoms with Crippen LogP contribution in [-0.4, -0.2) is 29.0 Å². The first kappa shape index (κ1) is 13.3. The third-order valence-corrected chi connectivity index (χ3v) is 5.81. The van der Waals surface area contributed by atoms with Crippen LogP contribution in [0.1, 0.15) is 13.8 Å². The van der Waals surface area contributed by atoms with Gasteiger partial charge in [-0.05, 0) is 17.4 Å². The molecule has 4 nitrogen and oxygen atoms in total. The SMILES string of the molecule is COC(=O)/C=C/C12OC(=O)[C@@H]3[C@H](C1C2(Cl)Cl)C3(C)C. The van der Waals surface area contributed by atoms with Crippen molar-refractivity contribution >= 4 is 35.1 Å². The zero-order valence-electron chi connectivity index (χ0n) is 10.8. The van der Waals surface area contributed by atoms with Crippen LogP contribution in [0.5, 0.6) is 0 Å². The van der Waals surface area contributed by atoms with Crippen LogP contribution in [-0.2, 0) is 19.1 Å². The van der Waals surface area contributed by atoms with Gasteiger partial charge in [-0.2, -0.15) is 0 Å². The maximum absolute atomic E-state index is 12.0. The lowest BCUT2D eigenvalue weighted by Crippen LogP contribution is -2.29. The summed E-state index contributed by atoms with van der Waals surface area (Å²) in [7, 11) is 1.27. The van der Waals surface area contributed by atoms with Crippen LogP contribution in [0.2, 0.25) is 0 Å². The Kier molecular flexibility index (Phi) is 2.42. The predicted octanol–water partition coefficient (Wildman–Crippen LogP) is 2.09. The molecule has 4 atom stereocenters. The molecule has 0 bridgehead atoms. The number of carbonyl (C=O) groups excluding carboxylic acids is 2. The fourth-order valence-corrected chi connectivity index (χ4v) is 4.46. The first-order valence-corrected chi connectivity index (χ1v) is 6.83. The van der Waals surface area contributed by atoms with E-state index in [-0.39, 0.29) is 29.1 Å². The maximum Gasteiger partial charge on any atom is 0.330 e. The second kappa shape index (κ2) is 3.47. The summed E-state index contributed by atoms with van der Waals surface area (Å²) in [4.78, 5) is 23.2. The van der Waals surface area contributed by atoms with Crippen molar-refractivity contribution in [3.63, 3.8) is 0 Å². The molecule has 1 aliphatic heterocycles. The lowest BCUT2D eigenvalue weighted by molar-refractivity contribution is -0.155. The van der Waals surface area contributed by atoms with Crippen LogP contribution in [0.25, 0.3) is 0 Å². The fraction of sp³-hybridized carbons (Fsp3) is 0.692. The number of alkyl halides is 2. The van der Waals surface area contributed by atoms with Crippen LogP contribution in [0.4, 0.5) is 0 Å². The van der Waals surface area contributed by atoms with E-state index in [1.165, 1.54) is 19.3 Å². The van der Waals surface area contributed by atoms with Gasteiger partial charge in [0, 0.05) is 12.0 Å². The van der Waals surface area contributed by atoms with E-state index >= 15 is 0 Å². The van der Waals surface area contributed by atoms with Gasteiger partial charge >= 0.3 is 11.9 Å². The van der Waals surface area contributed by atoms with Crippen molar-refractivity contribution in [2.24, 2.45) is 23.2 Å². The van der Waals surface area contributed by atoms with E-state index in [0.29, 0.717) is 0 Å². The van der Waals surface area contributed by atoms with Crippen molar-refractivity contribution in [2.75, 3.05) is 7.11 Å². The molecule has 0 spiro atoms. The van der Waals surface area contributed by atoms with Crippen LogP contribution >= 0.6 is 23.2 Å². The van der Waals surface area contributed by atoms with Crippen molar-refractivity contribution < 1.29 is 19.1 Å². The Labute approximate surface area is 121 Å². The molecule has 3 fully saturated rings. The molecule has 0 aromatic heterocycles. The zero-order chi connectivity index (χ0) is 14.2. The number of fused-ring (bicyclic) bond motifs is 3. The van der Waals surface area contributed by atoms with Gasteiger partial charge in [-0.25, -0.2) is 4.79 Å². The molecular formula is C13H14Cl2O4. The number of methoxy groups -OCH3 is 1. The first-order valence-electron chi connectivity index (χ1n) is 6.08. The topological polar surface area (TPSA) is 52.6 Å². The molecule has 0 amide bonds. The zero-order valence-corrected chi connectivity index (χ0v) is 12.3. The Morgan fingerprint density at radius 2 is 2.05 bits per heavy atom. The summed E-state index contributed by atoms with van der Waals surface area (Å²) >= 11 is 12.6. The summed E-state index contributed by atoms with van der Waals surface area (Å²) in [6, 6.07) is 0. The van der Waals surface area contributed by atoms with Gasteiger partial charge < -0.3 is 9.47 Å². The number of ether oxygens (including phenoxy) is 2. The normalized spacial score (nSPS) is 44.1. The molecule has 2 saturated carbocycles. The average Bonchev–Trinajstić information content (AvgIpc) is 3.05. The maximum atomic E-state index is 12.0. The highest BCUT2D eigenvalue weighted by atomic mass is 35.5. The van der Waals surface area contributed by atoms with E-state index in [0.717, 1.165) is 0 Å². The van der Waals surface area contributed by atoms with Crippen LogP contribution < -0.4 is 0 Å². The average molecular weight is 305 g/mol. The Balaban J connectivity index is 1.93. The van der Waals surface area contributed by atoms with Crippen molar-refractivity contribution in [3.05, 3.63) is 12.2 Å². The summed E-state index contributed by atoms with van der Waals surface area (Å²) in [6.07, 6.45) is 2.68. The van der Waals surface area contributed by atoms with Gasteiger partial charge in [0.25, 0.3) is 0 Å². The standard InChI is InChI=1S/C13H14Cl2O4/c1-11(2)7-8(11)10(17)19-12(5-4-6(16)18-3)9(7)13(12,14)15/h4-5,7-9H,1-3H3/b5-4+/t7-,8+,9?,12?/m1/s1. The summed E-state index contributed by atoms with van der Waals surface area (Å²) in [5.74, 6) is -1.02. The molecule has 2 aliphatic carbocycles. The van der Waals surface area contributed by atoms with E-state index in [1.807, 2.05) is 13.8 Å². The highest BCUT2D eigenvalue weighted by molar-refractivity contribution is 6.53. The number of carbonyl (C=O) groups is 2. The van der Waals surface area contributed by atoms with Crippen molar-refractivity contribution in [2.45, 2.75) is 23.8 Å². The Morgan fingerprint density at radius 3 is 2.63 bits per heavy atom. The molecule has 0 aromatic rings. The molecule has 0 N–H and O–H groups in total. The molecule has 104 valence electrons. The fourth-order valence-electron chi connectivity index (χ4n) is 3.54. The van der Waals surface area contributed by atoms with E-state index in [4.69, 9.17) is 27.9 Å². The van der Waals surface area contributed by atoms with Gasteiger partial charge in [-0.15, -0.1) is 0 Å². The molecule has 3 aliphatic rings. The Hall–Kier alpha value is -0.740. The summed E-state index contributed by atoms with van der Waals surface area (Å²) in [5, 5.41) is 0. The molecule has 0 radical (unpaired) electrons. The van der Waals surface area contributed by atoms with Gasteiger partial charge in [0.1, 0.15) is 0 Å². The van der Waals surface area contributed by atoms with E-state index in [9.17, 15) is 9.59 Å². The van der Waals surface area contributed by atoms with Gasteiger partial charge in [0.15, 0.2) is 9.93 Å². The molecule has 2 unspecified atom stereocenters. The van der Waals surface area contributed by atoms with Crippen LogP contribution in [0.3, 0.4) is 0 Å². The molecular weight excluding hydrogens is 291 g/mol. The third kappa shape index (κ3) is 1.42. The van der Waals surface area contributed by atoms with Crippen molar-refractivity contribution in [1.82, 2.24) is 0 Å². The number of hydrogen-bond acceptors (Lipinski definition) is 4. The Bertz CT molecular complexity index is 511. The van der Waals surface area contributed by atoms with E-state index in [1.54, 1.807) is 0 Å². The minimum Gasteiger partial charge on any atom is -0.466 e. The van der Waals surface area contributed by atoms with Crippen LogP contribution in [0.15, 0.2) is 12.2 Å². The summed E-state index contributed by atoms with van der Waals surface area (Å²) < 4.78 is 8.81. The van der Waals surface area contributed by atoms with E-state index < -0.39 is 15.9 Å². The molecule has 3 rings (SSSR count). The smallest absolute Gasteiger partial charge is 0.330 e. The number of rotatable bonds is 2. The van der Waals surface area contributed by atoms with Crippen LogP contribution in [0, 0.1) is 23.2 Å². The predicted molar refractivity (Wildman–Crippen MR) is 68.7 cm³/mol. The van der Waals surface area contributed by atoms with Crippen molar-refractivity contribution in [1.29, 1.82) is 0 Å². The number of hydrogen-bond donors (Lipinski definition) is 0. The number of halogens is 2. The second-order valence-corrected chi connectivity index (χ2v) is 7.38. The van der Waals surface area contributed by atoms with Crippen molar-refractivity contribution in [3.8, 4) is 0 Å². The van der Waals surface area contributed by atoms with E-state index in [2.05, 4.69) is 4.74 Å². The molecule has 1 heterocycles. The quantitative estimate of drug-likeness (QED) is 0.445. The lowest BCUT2D eigenvalue weighted by atomic mass is 10.0. The molecule has 6 heteroatoms. The minimum absolute atomic E-state index is 0.103. The first-order chi connectivity index (χ1) is 8.70. The highest BCUT2D eigenvalue weighted by Gasteiger charge is 2.90. The molecule has 19 heavy (non-hydrogen) atoms. The largest absolute Gasteiger partial charge is 0.466 e. The molecule has 0 aromatic carbocycles. The lowest BCUT2D eigenvalue weighted by Gasteiger charge is -2.18. The summed E-state index contributed by atoms with van der Waals surface area (Å²) in [6.45, 7) is 4.01. The minimum atomic E-state index is -1.17. The van der Waals surface area contributed by atoms with Gasteiger partial charge in [-0.1, -0.05) is 37.0 Å². The molecule has 1 saturated heterocycles. The summed E-state index contributed by atoms with van der Waals surface area (Å²) in [5.41, 5.74) is -1.23. The van der Waals surface area contributed by atoms with Gasteiger partial charge in [0.05, 0.1) is 13.0 Å². The number of esters is 2. The monoisotopic (exact) mass is 304 g/mol. The third-order valence-electron chi connectivity index (χ3n) is 4.75.